The summed E-state index contributed by atoms with van der Waals surface area (Å²) in [4.78, 5) is 0. The van der Waals surface area contributed by atoms with Crippen LogP contribution in [0.1, 0.15) is 37.3 Å². The van der Waals surface area contributed by atoms with Crippen LogP contribution in [0.4, 0.5) is 10.2 Å². The molecule has 0 radical (unpaired) electrons. The predicted octanol–water partition coefficient (Wildman–Crippen LogP) is 1.79. The molecule has 5 heteroatoms. The second-order valence-electron chi connectivity index (χ2n) is 3.91. The molecule has 0 amide bonds. The number of halogens is 1. The molecule has 0 bridgehead atoms. The van der Waals surface area contributed by atoms with Gasteiger partial charge in [0, 0.05) is 0 Å². The van der Waals surface area contributed by atoms with Gasteiger partial charge in [0.1, 0.15) is 23.6 Å². The van der Waals surface area contributed by atoms with Crippen LogP contribution in [0.2, 0.25) is 0 Å². The third-order valence-corrected chi connectivity index (χ3v) is 2.93. The first kappa shape index (κ1) is 9.97. The number of nitriles is 1. The van der Waals surface area contributed by atoms with Crippen molar-refractivity contribution in [1.82, 2.24) is 9.78 Å². The van der Waals surface area contributed by atoms with Crippen LogP contribution >= 0.6 is 0 Å². The van der Waals surface area contributed by atoms with Crippen LogP contribution < -0.4 is 5.73 Å². The van der Waals surface area contributed by atoms with E-state index in [0.29, 0.717) is 24.2 Å². The summed E-state index contributed by atoms with van der Waals surface area (Å²) < 4.78 is 14.6. The first-order chi connectivity index (χ1) is 7.22. The summed E-state index contributed by atoms with van der Waals surface area (Å²) in [5.41, 5.74) is 6.16. The molecule has 0 unspecified atom stereocenters. The summed E-state index contributed by atoms with van der Waals surface area (Å²) >= 11 is 0. The largest absolute Gasteiger partial charge is 0.383 e. The van der Waals surface area contributed by atoms with E-state index in [2.05, 4.69) is 5.10 Å². The van der Waals surface area contributed by atoms with Crippen molar-refractivity contribution in [1.29, 1.82) is 5.26 Å². The highest BCUT2D eigenvalue weighted by molar-refractivity contribution is 5.47. The summed E-state index contributed by atoms with van der Waals surface area (Å²) in [5, 5.41) is 12.8. The zero-order valence-corrected chi connectivity index (χ0v) is 8.36. The number of nitrogen functional groups attached to an aromatic ring is 1. The molecule has 1 aromatic rings. The first-order valence-electron chi connectivity index (χ1n) is 5.09. The quantitative estimate of drug-likeness (QED) is 0.765. The highest BCUT2D eigenvalue weighted by atomic mass is 19.1. The molecular formula is C10H13FN4. The molecule has 1 aromatic heterocycles. The average Bonchev–Trinajstić information content (AvgIpc) is 2.61. The van der Waals surface area contributed by atoms with E-state index in [1.54, 1.807) is 4.68 Å². The van der Waals surface area contributed by atoms with E-state index in [4.69, 9.17) is 11.0 Å². The molecule has 0 aliphatic heterocycles. The van der Waals surface area contributed by atoms with Crippen molar-refractivity contribution in [3.63, 3.8) is 0 Å². The molecule has 0 atom stereocenters. The highest BCUT2D eigenvalue weighted by Crippen LogP contribution is 2.31. The van der Waals surface area contributed by atoms with Gasteiger partial charge in [0.2, 0.25) is 0 Å². The Kier molecular flexibility index (Phi) is 2.58. The Bertz CT molecular complexity index is 385. The molecule has 2 rings (SSSR count). The van der Waals surface area contributed by atoms with Crippen molar-refractivity contribution in [2.75, 3.05) is 5.73 Å². The maximum Gasteiger partial charge on any atom is 0.140 e. The number of hydrogen-bond donors (Lipinski definition) is 1. The second-order valence-corrected chi connectivity index (χ2v) is 3.91. The Morgan fingerprint density at radius 3 is 2.67 bits per heavy atom. The van der Waals surface area contributed by atoms with Gasteiger partial charge in [0.15, 0.2) is 0 Å². The van der Waals surface area contributed by atoms with Crippen molar-refractivity contribution in [3.05, 3.63) is 11.8 Å². The zero-order valence-electron chi connectivity index (χ0n) is 8.36. The van der Waals surface area contributed by atoms with Crippen LogP contribution in [0.15, 0.2) is 6.20 Å². The number of anilines is 1. The molecule has 80 valence electrons. The standard InChI is InChI=1S/C10H13FN4/c11-8-1-3-9(4-2-8)15-10(13)7(5-12)6-14-15/h6,8-9H,1-4,13H2. The third-order valence-electron chi connectivity index (χ3n) is 2.93. The SMILES string of the molecule is N#Cc1cnn(C2CCC(F)CC2)c1N. The molecule has 1 heterocycles. The fraction of sp³-hybridized carbons (Fsp3) is 0.600. The molecule has 1 aliphatic rings. The fourth-order valence-electron chi connectivity index (χ4n) is 2.03. The maximum absolute atomic E-state index is 12.9. The van der Waals surface area contributed by atoms with Crippen molar-refractivity contribution >= 4 is 5.82 Å². The molecule has 0 saturated heterocycles. The van der Waals surface area contributed by atoms with Gasteiger partial charge in [-0.05, 0) is 25.7 Å². The maximum atomic E-state index is 12.9. The molecule has 1 fully saturated rings. The van der Waals surface area contributed by atoms with E-state index < -0.39 is 6.17 Å². The summed E-state index contributed by atoms with van der Waals surface area (Å²) in [6, 6.07) is 2.13. The normalized spacial score (nSPS) is 26.1. The summed E-state index contributed by atoms with van der Waals surface area (Å²) in [6.45, 7) is 0. The van der Waals surface area contributed by atoms with Crippen molar-refractivity contribution in [3.8, 4) is 6.07 Å². The van der Waals surface area contributed by atoms with Crippen LogP contribution in [-0.4, -0.2) is 16.0 Å². The molecular weight excluding hydrogens is 195 g/mol. The van der Waals surface area contributed by atoms with Crippen LogP contribution in [-0.2, 0) is 0 Å². The Morgan fingerprint density at radius 2 is 2.13 bits per heavy atom. The minimum Gasteiger partial charge on any atom is -0.383 e. The molecule has 0 aromatic carbocycles. The predicted molar refractivity (Wildman–Crippen MR) is 53.8 cm³/mol. The number of aromatic nitrogens is 2. The first-order valence-corrected chi connectivity index (χ1v) is 5.09. The van der Waals surface area contributed by atoms with Crippen molar-refractivity contribution < 1.29 is 4.39 Å². The minimum atomic E-state index is -0.687. The Morgan fingerprint density at radius 1 is 1.47 bits per heavy atom. The van der Waals surface area contributed by atoms with Gasteiger partial charge in [-0.2, -0.15) is 10.4 Å². The Balaban J connectivity index is 2.16. The van der Waals surface area contributed by atoms with Crippen molar-refractivity contribution in [2.45, 2.75) is 37.9 Å². The Hall–Kier alpha value is -1.57. The topological polar surface area (TPSA) is 67.6 Å². The molecule has 0 spiro atoms. The summed E-state index contributed by atoms with van der Waals surface area (Å²) in [7, 11) is 0. The van der Waals surface area contributed by atoms with Gasteiger partial charge in [0.25, 0.3) is 0 Å². The van der Waals surface area contributed by atoms with Crippen LogP contribution in [0.3, 0.4) is 0 Å². The lowest BCUT2D eigenvalue weighted by atomic mass is 9.94. The molecule has 1 aliphatic carbocycles. The monoisotopic (exact) mass is 208 g/mol. The van der Waals surface area contributed by atoms with Gasteiger partial charge in [0.05, 0.1) is 12.2 Å². The van der Waals surface area contributed by atoms with Crippen LogP contribution in [0.5, 0.6) is 0 Å². The zero-order chi connectivity index (χ0) is 10.8. The lowest BCUT2D eigenvalue weighted by molar-refractivity contribution is 0.203. The fourth-order valence-corrected chi connectivity index (χ4v) is 2.03. The van der Waals surface area contributed by atoms with Gasteiger partial charge in [-0.1, -0.05) is 0 Å². The van der Waals surface area contributed by atoms with Crippen LogP contribution in [0.25, 0.3) is 0 Å². The number of alkyl halides is 1. The number of nitrogens with two attached hydrogens (primary N) is 1. The van der Waals surface area contributed by atoms with E-state index in [9.17, 15) is 4.39 Å². The molecule has 1 saturated carbocycles. The van der Waals surface area contributed by atoms with E-state index >= 15 is 0 Å². The smallest absolute Gasteiger partial charge is 0.140 e. The van der Waals surface area contributed by atoms with E-state index in [0.717, 1.165) is 12.8 Å². The summed E-state index contributed by atoms with van der Waals surface area (Å²) in [6.07, 6.45) is 3.40. The van der Waals surface area contributed by atoms with Gasteiger partial charge in [-0.15, -0.1) is 0 Å². The van der Waals surface area contributed by atoms with Crippen molar-refractivity contribution in [2.24, 2.45) is 0 Å². The molecule has 15 heavy (non-hydrogen) atoms. The van der Waals surface area contributed by atoms with E-state index in [1.807, 2.05) is 6.07 Å². The Labute approximate surface area is 87.5 Å². The van der Waals surface area contributed by atoms with E-state index in [-0.39, 0.29) is 6.04 Å². The minimum absolute atomic E-state index is 0.152. The number of nitrogens with zero attached hydrogens (tertiary/aromatic N) is 3. The number of hydrogen-bond acceptors (Lipinski definition) is 3. The summed E-state index contributed by atoms with van der Waals surface area (Å²) in [5.74, 6) is 0.403. The van der Waals surface area contributed by atoms with Gasteiger partial charge < -0.3 is 5.73 Å². The van der Waals surface area contributed by atoms with Gasteiger partial charge in [-0.25, -0.2) is 9.07 Å². The molecule has 2 N–H and O–H groups in total. The lowest BCUT2D eigenvalue weighted by Crippen LogP contribution is -2.20. The highest BCUT2D eigenvalue weighted by Gasteiger charge is 2.24. The van der Waals surface area contributed by atoms with Gasteiger partial charge >= 0.3 is 0 Å². The van der Waals surface area contributed by atoms with Crippen LogP contribution in [0, 0.1) is 11.3 Å². The number of rotatable bonds is 1. The second kappa shape index (κ2) is 3.89. The third kappa shape index (κ3) is 1.80. The average molecular weight is 208 g/mol. The van der Waals surface area contributed by atoms with Gasteiger partial charge in [-0.3, -0.25) is 0 Å². The molecule has 4 nitrogen and oxygen atoms in total. The van der Waals surface area contributed by atoms with E-state index in [1.165, 1.54) is 6.20 Å². The lowest BCUT2D eigenvalue weighted by Gasteiger charge is -2.25.